The molecule has 0 N–H and O–H groups in total. The molecule has 0 radical (unpaired) electrons. The molecule has 0 saturated carbocycles. The van der Waals surface area contributed by atoms with E-state index >= 15 is 0 Å². The van der Waals surface area contributed by atoms with Gasteiger partial charge in [-0.05, 0) is 60.4 Å². The zero-order valence-electron chi connectivity index (χ0n) is 18.1. The summed E-state index contributed by atoms with van der Waals surface area (Å²) in [5.41, 5.74) is 1.28. The average molecular weight is 455 g/mol. The highest BCUT2D eigenvalue weighted by molar-refractivity contribution is 8.03. The Balaban J connectivity index is 1.82. The maximum atomic E-state index is 12.6. The summed E-state index contributed by atoms with van der Waals surface area (Å²) in [6.07, 6.45) is 0.988. The summed E-state index contributed by atoms with van der Waals surface area (Å²) in [4.78, 5) is 12.7. The van der Waals surface area contributed by atoms with Crippen molar-refractivity contribution in [3.05, 3.63) is 70.4 Å². The highest BCUT2D eigenvalue weighted by Crippen LogP contribution is 2.38. The Labute approximate surface area is 186 Å². The van der Waals surface area contributed by atoms with E-state index in [1.807, 2.05) is 12.2 Å². The lowest BCUT2D eigenvalue weighted by atomic mass is 9.90. The number of hydrogen-bond acceptors (Lipinski definition) is 4. The Morgan fingerprint density at radius 1 is 1.13 bits per heavy atom. The van der Waals surface area contributed by atoms with Gasteiger partial charge < -0.3 is 9.47 Å². The van der Waals surface area contributed by atoms with E-state index in [1.54, 1.807) is 18.7 Å². The number of aryl methyl sites for hydroxylation is 1. The van der Waals surface area contributed by atoms with Gasteiger partial charge in [-0.1, -0.05) is 38.1 Å². The Morgan fingerprint density at radius 3 is 2.42 bits per heavy atom. The van der Waals surface area contributed by atoms with Crippen LogP contribution >= 0.6 is 11.8 Å². The minimum absolute atomic E-state index is 0.0895. The predicted molar refractivity (Wildman–Crippen MR) is 118 cm³/mol. The van der Waals surface area contributed by atoms with Crippen molar-refractivity contribution in [3.8, 4) is 0 Å². The molecule has 0 amide bonds. The molecule has 0 heterocycles. The van der Waals surface area contributed by atoms with Gasteiger partial charge in [0.05, 0.1) is 12.2 Å². The molecule has 1 aliphatic rings. The fraction of sp³-hybridized carbons (Fsp3) is 0.458. The van der Waals surface area contributed by atoms with Crippen LogP contribution < -0.4 is 0 Å². The third-order valence-corrected chi connectivity index (χ3v) is 6.61. The number of benzene rings is 1. The molecule has 170 valence electrons. The lowest BCUT2D eigenvalue weighted by molar-refractivity contribution is -0.147. The lowest BCUT2D eigenvalue weighted by Crippen LogP contribution is -2.20. The summed E-state index contributed by atoms with van der Waals surface area (Å²) in [6.45, 7) is 10.3. The number of halogens is 3. The summed E-state index contributed by atoms with van der Waals surface area (Å²) in [5.74, 6) is 1.52. The SMILES string of the molecule is C=C(CCc1ccc(C(F)(F)F)cc1)CSC1=CC=C(OCC(=O)OCC)C(C)C1C. The molecule has 0 aromatic heterocycles. The molecule has 2 rings (SSSR count). The molecule has 0 saturated heterocycles. The zero-order chi connectivity index (χ0) is 23.0. The highest BCUT2D eigenvalue weighted by atomic mass is 32.2. The van der Waals surface area contributed by atoms with Crippen LogP contribution in [0.4, 0.5) is 13.2 Å². The molecular formula is C24H29F3O3S. The first-order valence-corrected chi connectivity index (χ1v) is 11.3. The maximum Gasteiger partial charge on any atom is 0.416 e. The minimum Gasteiger partial charge on any atom is -0.486 e. The molecule has 1 aromatic carbocycles. The van der Waals surface area contributed by atoms with E-state index in [9.17, 15) is 18.0 Å². The van der Waals surface area contributed by atoms with E-state index in [0.29, 0.717) is 13.0 Å². The fourth-order valence-electron chi connectivity index (χ4n) is 3.10. The predicted octanol–water partition coefficient (Wildman–Crippen LogP) is 6.56. The van der Waals surface area contributed by atoms with Gasteiger partial charge in [-0.3, -0.25) is 0 Å². The molecule has 1 aliphatic carbocycles. The number of alkyl halides is 3. The van der Waals surface area contributed by atoms with E-state index in [1.165, 1.54) is 17.0 Å². The van der Waals surface area contributed by atoms with Gasteiger partial charge in [0, 0.05) is 11.7 Å². The number of carbonyl (C=O) groups excluding carboxylic acids is 1. The van der Waals surface area contributed by atoms with Crippen LogP contribution in [0.3, 0.4) is 0 Å². The minimum atomic E-state index is -4.31. The molecule has 0 spiro atoms. The monoisotopic (exact) mass is 454 g/mol. The van der Waals surface area contributed by atoms with Crippen LogP contribution in [0.5, 0.6) is 0 Å². The molecule has 2 unspecified atom stereocenters. The quantitative estimate of drug-likeness (QED) is 0.296. The van der Waals surface area contributed by atoms with Crippen molar-refractivity contribution >= 4 is 17.7 Å². The summed E-state index contributed by atoms with van der Waals surface area (Å²) in [5, 5.41) is 0. The molecule has 0 fully saturated rings. The van der Waals surface area contributed by atoms with Crippen molar-refractivity contribution in [3.63, 3.8) is 0 Å². The zero-order valence-corrected chi connectivity index (χ0v) is 18.9. The van der Waals surface area contributed by atoms with Crippen LogP contribution in [0.15, 0.2) is 59.2 Å². The molecule has 1 aromatic rings. The van der Waals surface area contributed by atoms with Gasteiger partial charge in [-0.2, -0.15) is 13.2 Å². The van der Waals surface area contributed by atoms with Crippen LogP contribution in [0, 0.1) is 11.8 Å². The topological polar surface area (TPSA) is 35.5 Å². The van der Waals surface area contributed by atoms with Gasteiger partial charge in [0.15, 0.2) is 6.61 Å². The van der Waals surface area contributed by atoms with Crippen molar-refractivity contribution in [2.24, 2.45) is 11.8 Å². The smallest absolute Gasteiger partial charge is 0.416 e. The number of hydrogen-bond donors (Lipinski definition) is 0. The van der Waals surface area contributed by atoms with Crippen LogP contribution in [0.1, 0.15) is 38.3 Å². The fourth-order valence-corrected chi connectivity index (χ4v) is 4.25. The average Bonchev–Trinajstić information content (AvgIpc) is 2.72. The second-order valence-electron chi connectivity index (χ2n) is 7.54. The second-order valence-corrected chi connectivity index (χ2v) is 8.59. The van der Waals surface area contributed by atoms with Crippen molar-refractivity contribution in [1.29, 1.82) is 0 Å². The van der Waals surface area contributed by atoms with Crippen molar-refractivity contribution < 1.29 is 27.4 Å². The van der Waals surface area contributed by atoms with Gasteiger partial charge in [-0.25, -0.2) is 4.79 Å². The molecule has 7 heteroatoms. The van der Waals surface area contributed by atoms with E-state index in [4.69, 9.17) is 9.47 Å². The van der Waals surface area contributed by atoms with Gasteiger partial charge in [-0.15, -0.1) is 11.8 Å². The van der Waals surface area contributed by atoms with Gasteiger partial charge >= 0.3 is 12.1 Å². The summed E-state index contributed by atoms with van der Waals surface area (Å²) in [6, 6.07) is 5.30. The number of esters is 1. The van der Waals surface area contributed by atoms with Crippen LogP contribution in [0.25, 0.3) is 0 Å². The van der Waals surface area contributed by atoms with Gasteiger partial charge in [0.1, 0.15) is 5.76 Å². The maximum absolute atomic E-state index is 12.6. The normalized spacial score (nSPS) is 18.8. The van der Waals surface area contributed by atoms with Crippen molar-refractivity contribution in [1.82, 2.24) is 0 Å². The third-order valence-electron chi connectivity index (χ3n) is 5.21. The molecule has 0 bridgehead atoms. The highest BCUT2D eigenvalue weighted by Gasteiger charge is 2.30. The first-order chi connectivity index (χ1) is 14.6. The van der Waals surface area contributed by atoms with E-state index in [-0.39, 0.29) is 24.4 Å². The van der Waals surface area contributed by atoms with Gasteiger partial charge in [0.25, 0.3) is 0 Å². The summed E-state index contributed by atoms with van der Waals surface area (Å²) < 4.78 is 48.4. The number of ether oxygens (including phenoxy) is 2. The molecule has 31 heavy (non-hydrogen) atoms. The number of thioether (sulfide) groups is 1. The first-order valence-electron chi connectivity index (χ1n) is 10.3. The molecule has 2 atom stereocenters. The van der Waals surface area contributed by atoms with Crippen LogP contribution in [-0.2, 0) is 26.9 Å². The third kappa shape index (κ3) is 7.80. The lowest BCUT2D eigenvalue weighted by Gasteiger charge is -2.28. The Bertz CT molecular complexity index is 825. The summed E-state index contributed by atoms with van der Waals surface area (Å²) in [7, 11) is 0. The van der Waals surface area contributed by atoms with Crippen molar-refractivity contribution in [2.45, 2.75) is 39.8 Å². The number of allylic oxidation sites excluding steroid dienone is 4. The second kappa shape index (κ2) is 11.5. The van der Waals surface area contributed by atoms with E-state index in [2.05, 4.69) is 20.4 Å². The first kappa shape index (κ1) is 25.1. The summed E-state index contributed by atoms with van der Waals surface area (Å²) >= 11 is 1.71. The molecule has 3 nitrogen and oxygen atoms in total. The van der Waals surface area contributed by atoms with Crippen molar-refractivity contribution in [2.75, 3.05) is 19.0 Å². The van der Waals surface area contributed by atoms with E-state index in [0.717, 1.165) is 41.2 Å². The Kier molecular flexibility index (Phi) is 9.29. The molecule has 0 aliphatic heterocycles. The van der Waals surface area contributed by atoms with E-state index < -0.39 is 11.7 Å². The largest absolute Gasteiger partial charge is 0.486 e. The van der Waals surface area contributed by atoms with Crippen LogP contribution in [0.2, 0.25) is 0 Å². The van der Waals surface area contributed by atoms with Gasteiger partial charge in [0.2, 0.25) is 0 Å². The number of carbonyl (C=O) groups is 1. The van der Waals surface area contributed by atoms with Crippen LogP contribution in [-0.4, -0.2) is 24.9 Å². The number of rotatable bonds is 10. The Hall–Kier alpha value is -2.15. The Morgan fingerprint density at radius 2 is 1.81 bits per heavy atom. The standard InChI is InChI=1S/C24H29F3O3S/c1-5-29-23(28)14-30-21-12-13-22(18(4)17(21)3)31-15-16(2)6-7-19-8-10-20(11-9-19)24(25,26)27/h8-13,17-18H,2,5-7,14-15H2,1,3-4H3. The molecular weight excluding hydrogens is 425 g/mol.